The van der Waals surface area contributed by atoms with Crippen LogP contribution in [0.3, 0.4) is 0 Å². The fraction of sp³-hybridized carbons (Fsp3) is 0.500. The zero-order chi connectivity index (χ0) is 17.2. The Morgan fingerprint density at radius 2 is 2.12 bits per heavy atom. The second kappa shape index (κ2) is 5.71. The molecule has 0 bridgehead atoms. The molecule has 1 atom stereocenters. The van der Waals surface area contributed by atoms with Crippen LogP contribution in [0.5, 0.6) is 5.75 Å². The third-order valence-electron chi connectivity index (χ3n) is 5.33. The summed E-state index contributed by atoms with van der Waals surface area (Å²) in [5.41, 5.74) is 4.60. The van der Waals surface area contributed by atoms with Crippen LogP contribution in [0.1, 0.15) is 35.0 Å². The lowest BCUT2D eigenvalue weighted by molar-refractivity contribution is -0.164. The van der Waals surface area contributed by atoms with Crippen molar-refractivity contribution in [1.82, 2.24) is 9.78 Å². The molecule has 1 spiro atoms. The number of benzene rings is 1. The third-order valence-corrected chi connectivity index (χ3v) is 6.14. The Bertz CT molecular complexity index is 860. The second-order valence-corrected chi connectivity index (χ2v) is 8.20. The van der Waals surface area contributed by atoms with Crippen molar-refractivity contribution in [2.45, 2.75) is 37.6 Å². The van der Waals surface area contributed by atoms with Gasteiger partial charge in [0.15, 0.2) is 5.79 Å². The number of hydrogen-bond donors (Lipinski definition) is 0. The maximum Gasteiger partial charge on any atom is 0.173 e. The normalized spacial score (nSPS) is 23.6. The number of nitrogens with zero attached hydrogens (tertiary/aromatic N) is 2. The molecule has 2 aromatic rings. The quantitative estimate of drug-likeness (QED) is 0.698. The van der Waals surface area contributed by atoms with Crippen LogP contribution in [0.2, 0.25) is 5.02 Å². The maximum atomic E-state index is 6.29. The molecule has 0 N–H and O–H groups in total. The zero-order valence-electron chi connectivity index (χ0n) is 13.8. The van der Waals surface area contributed by atoms with E-state index in [1.807, 2.05) is 23.9 Å². The van der Waals surface area contributed by atoms with Gasteiger partial charge in [0.2, 0.25) is 0 Å². The van der Waals surface area contributed by atoms with Crippen molar-refractivity contribution in [3.05, 3.63) is 44.1 Å². The van der Waals surface area contributed by atoms with E-state index in [1.165, 1.54) is 5.56 Å². The van der Waals surface area contributed by atoms with Crippen molar-refractivity contribution < 1.29 is 14.2 Å². The van der Waals surface area contributed by atoms with Gasteiger partial charge in [-0.3, -0.25) is 4.68 Å². The lowest BCUT2D eigenvalue weighted by Crippen LogP contribution is -2.37. The fourth-order valence-corrected chi connectivity index (χ4v) is 5.25. The fourth-order valence-electron chi connectivity index (χ4n) is 4.28. The van der Waals surface area contributed by atoms with Crippen LogP contribution in [-0.2, 0) is 35.8 Å². The van der Waals surface area contributed by atoms with Crippen LogP contribution in [0, 0.1) is 0 Å². The molecule has 5 nitrogen and oxygen atoms in total. The van der Waals surface area contributed by atoms with E-state index < -0.39 is 5.79 Å². The lowest BCUT2D eigenvalue weighted by Gasteiger charge is -2.31. The van der Waals surface area contributed by atoms with Crippen molar-refractivity contribution in [3.8, 4) is 5.75 Å². The molecule has 1 saturated heterocycles. The van der Waals surface area contributed by atoms with Gasteiger partial charge in [0, 0.05) is 42.5 Å². The van der Waals surface area contributed by atoms with Gasteiger partial charge in [-0.2, -0.15) is 5.10 Å². The van der Waals surface area contributed by atoms with E-state index in [2.05, 4.69) is 15.9 Å². The van der Waals surface area contributed by atoms with Gasteiger partial charge in [-0.25, -0.2) is 0 Å². The van der Waals surface area contributed by atoms with Crippen LogP contribution in [0.25, 0.3) is 0 Å². The van der Waals surface area contributed by atoms with Crippen molar-refractivity contribution in [2.75, 3.05) is 13.2 Å². The van der Waals surface area contributed by atoms with Crippen molar-refractivity contribution >= 4 is 27.5 Å². The van der Waals surface area contributed by atoms with Crippen molar-refractivity contribution in [1.29, 1.82) is 0 Å². The molecule has 1 aromatic carbocycles. The minimum atomic E-state index is -0.472. The highest BCUT2D eigenvalue weighted by molar-refractivity contribution is 9.10. The Balaban J connectivity index is 1.52. The average molecular weight is 426 g/mol. The van der Waals surface area contributed by atoms with Gasteiger partial charge in [0.1, 0.15) is 11.9 Å². The van der Waals surface area contributed by atoms with E-state index in [0.717, 1.165) is 52.9 Å². The van der Waals surface area contributed by atoms with E-state index in [4.69, 9.17) is 30.9 Å². The molecule has 3 aliphatic rings. The van der Waals surface area contributed by atoms with Crippen LogP contribution in [-0.4, -0.2) is 28.8 Å². The summed E-state index contributed by atoms with van der Waals surface area (Å²) in [5, 5.41) is 5.46. The van der Waals surface area contributed by atoms with Gasteiger partial charge in [0.25, 0.3) is 0 Å². The Kier molecular flexibility index (Phi) is 3.68. The average Bonchev–Trinajstić information content (AvgIpc) is 3.24. The zero-order valence-corrected chi connectivity index (χ0v) is 16.2. The lowest BCUT2D eigenvalue weighted by atomic mass is 9.89. The molecule has 1 fully saturated rings. The molecule has 7 heteroatoms. The van der Waals surface area contributed by atoms with Gasteiger partial charge in [-0.15, -0.1) is 0 Å². The summed E-state index contributed by atoms with van der Waals surface area (Å²) in [5.74, 6) is 0.406. The predicted octanol–water partition coefficient (Wildman–Crippen LogP) is 3.74. The Morgan fingerprint density at radius 1 is 1.32 bits per heavy atom. The first-order valence-corrected chi connectivity index (χ1v) is 9.69. The summed E-state index contributed by atoms with van der Waals surface area (Å²) in [4.78, 5) is 0. The molecule has 132 valence electrons. The first-order valence-electron chi connectivity index (χ1n) is 8.52. The van der Waals surface area contributed by atoms with Gasteiger partial charge < -0.3 is 14.2 Å². The van der Waals surface area contributed by atoms with Gasteiger partial charge in [-0.1, -0.05) is 11.6 Å². The van der Waals surface area contributed by atoms with Crippen LogP contribution >= 0.6 is 27.5 Å². The first-order chi connectivity index (χ1) is 12.0. The number of fused-ring (bicyclic) bond motifs is 2. The molecule has 0 saturated carbocycles. The highest BCUT2D eigenvalue weighted by atomic mass is 79.9. The molecular formula is C18H18BrClN2O3. The number of rotatable bonds is 1. The minimum absolute atomic E-state index is 0.0671. The van der Waals surface area contributed by atoms with Gasteiger partial charge >= 0.3 is 0 Å². The number of ether oxygens (including phenoxy) is 3. The standard InChI is InChI=1S/C18H18BrClN2O3/c1-22-16(15-7-10-6-11(20)8-13(19)17(10)25-15)12-9-18(23-4-5-24-18)3-2-14(12)21-22/h6,8,15H,2-5,7,9H2,1H3/t15-/m0/s1. The van der Waals surface area contributed by atoms with Crippen molar-refractivity contribution in [2.24, 2.45) is 7.05 Å². The maximum absolute atomic E-state index is 6.29. The molecule has 1 aliphatic carbocycles. The highest BCUT2D eigenvalue weighted by Gasteiger charge is 2.44. The van der Waals surface area contributed by atoms with Crippen LogP contribution < -0.4 is 4.74 Å². The number of aryl methyl sites for hydroxylation is 2. The molecule has 0 amide bonds. The third kappa shape index (κ3) is 2.53. The van der Waals surface area contributed by atoms with Gasteiger partial charge in [0.05, 0.1) is 29.1 Å². The number of halogens is 2. The van der Waals surface area contributed by atoms with E-state index in [0.29, 0.717) is 18.2 Å². The van der Waals surface area contributed by atoms with Crippen LogP contribution in [0.4, 0.5) is 0 Å². The summed E-state index contributed by atoms with van der Waals surface area (Å²) in [6, 6.07) is 3.85. The summed E-state index contributed by atoms with van der Waals surface area (Å²) < 4.78 is 21.0. The highest BCUT2D eigenvalue weighted by Crippen LogP contribution is 2.45. The van der Waals surface area contributed by atoms with E-state index in [-0.39, 0.29) is 6.10 Å². The van der Waals surface area contributed by atoms with E-state index >= 15 is 0 Å². The molecule has 0 unspecified atom stereocenters. The minimum Gasteiger partial charge on any atom is -0.482 e. The second-order valence-electron chi connectivity index (χ2n) is 6.90. The monoisotopic (exact) mass is 424 g/mol. The summed E-state index contributed by atoms with van der Waals surface area (Å²) in [7, 11) is 1.99. The summed E-state index contributed by atoms with van der Waals surface area (Å²) in [6.45, 7) is 1.34. The smallest absolute Gasteiger partial charge is 0.173 e. The molecule has 3 heterocycles. The Morgan fingerprint density at radius 3 is 2.92 bits per heavy atom. The SMILES string of the molecule is Cn1nc2c(c1[C@@H]1Cc3cc(Cl)cc(Br)c3O1)CC1(CC2)OCCO1. The Labute approximate surface area is 159 Å². The summed E-state index contributed by atoms with van der Waals surface area (Å²) >= 11 is 9.75. The molecule has 2 aliphatic heterocycles. The van der Waals surface area contributed by atoms with Crippen molar-refractivity contribution in [3.63, 3.8) is 0 Å². The molecule has 0 radical (unpaired) electrons. The topological polar surface area (TPSA) is 45.5 Å². The molecule has 1 aromatic heterocycles. The van der Waals surface area contributed by atoms with E-state index in [1.54, 1.807) is 0 Å². The first kappa shape index (κ1) is 16.1. The van der Waals surface area contributed by atoms with Crippen LogP contribution in [0.15, 0.2) is 16.6 Å². The number of aromatic nitrogens is 2. The van der Waals surface area contributed by atoms with Gasteiger partial charge in [-0.05, 0) is 34.5 Å². The molecule has 5 rings (SSSR count). The Hall–Kier alpha value is -1.08. The number of hydrogen-bond acceptors (Lipinski definition) is 4. The largest absolute Gasteiger partial charge is 0.482 e. The van der Waals surface area contributed by atoms with E-state index in [9.17, 15) is 0 Å². The predicted molar refractivity (Wildman–Crippen MR) is 96.1 cm³/mol. The molecular weight excluding hydrogens is 408 g/mol. The summed E-state index contributed by atoms with van der Waals surface area (Å²) in [6.07, 6.45) is 3.20. The molecule has 25 heavy (non-hydrogen) atoms.